The van der Waals surface area contributed by atoms with Crippen LogP contribution in [0.4, 0.5) is 0 Å². The van der Waals surface area contributed by atoms with Gasteiger partial charge in [-0.05, 0) is 25.3 Å². The van der Waals surface area contributed by atoms with Gasteiger partial charge < -0.3 is 10.6 Å². The average Bonchev–Trinajstić information content (AvgIpc) is 3.25. The number of aryl methyl sites for hydroxylation is 1. The molecule has 0 bridgehead atoms. The third-order valence-electron chi connectivity index (χ3n) is 4.32. The molecule has 2 aromatic rings. The van der Waals surface area contributed by atoms with E-state index >= 15 is 0 Å². The summed E-state index contributed by atoms with van der Waals surface area (Å²) in [6.45, 7) is 3.74. The molecule has 0 spiro atoms. The van der Waals surface area contributed by atoms with Crippen molar-refractivity contribution in [1.82, 2.24) is 15.6 Å². The Morgan fingerprint density at radius 2 is 2.00 bits per heavy atom. The smallest absolute Gasteiger partial charge is 0.191 e. The van der Waals surface area contributed by atoms with Gasteiger partial charge in [-0.15, -0.1) is 35.3 Å². The Hall–Kier alpha value is -1.15. The molecular formula is C17H23IN4S. The molecule has 1 saturated carbocycles. The minimum absolute atomic E-state index is 0. The Balaban J connectivity index is 0.00000192. The number of nitrogens with zero attached hydrogens (tertiary/aromatic N) is 2. The number of guanidine groups is 1. The molecule has 0 atom stereocenters. The predicted octanol–water partition coefficient (Wildman–Crippen LogP) is 3.47. The number of aliphatic imine (C=N–C) groups is 1. The highest BCUT2D eigenvalue weighted by Gasteiger charge is 2.43. The lowest BCUT2D eigenvalue weighted by Gasteiger charge is -2.19. The zero-order chi connectivity index (χ0) is 15.4. The summed E-state index contributed by atoms with van der Waals surface area (Å²) in [4.78, 5) is 9.85. The van der Waals surface area contributed by atoms with Gasteiger partial charge in [-0.3, -0.25) is 4.99 Å². The highest BCUT2D eigenvalue weighted by Crippen LogP contribution is 2.47. The van der Waals surface area contributed by atoms with E-state index in [-0.39, 0.29) is 24.0 Å². The summed E-state index contributed by atoms with van der Waals surface area (Å²) >= 11 is 1.68. The molecule has 4 nitrogen and oxygen atoms in total. The van der Waals surface area contributed by atoms with Gasteiger partial charge >= 0.3 is 0 Å². The lowest BCUT2D eigenvalue weighted by Crippen LogP contribution is -2.40. The van der Waals surface area contributed by atoms with Crippen molar-refractivity contribution in [2.24, 2.45) is 4.99 Å². The second-order valence-electron chi connectivity index (χ2n) is 5.79. The van der Waals surface area contributed by atoms with E-state index < -0.39 is 0 Å². The van der Waals surface area contributed by atoms with Crippen molar-refractivity contribution >= 4 is 41.3 Å². The number of nitrogens with one attached hydrogen (secondary N) is 2. The van der Waals surface area contributed by atoms with E-state index in [1.807, 2.05) is 19.5 Å². The van der Waals surface area contributed by atoms with Gasteiger partial charge in [-0.25, -0.2) is 4.98 Å². The Bertz CT molecular complexity index is 650. The topological polar surface area (TPSA) is 49.3 Å². The molecule has 3 rings (SSSR count). The molecule has 1 aromatic heterocycles. The van der Waals surface area contributed by atoms with Crippen LogP contribution in [-0.2, 0) is 12.0 Å². The Labute approximate surface area is 158 Å². The van der Waals surface area contributed by atoms with Gasteiger partial charge in [-0.2, -0.15) is 0 Å². The van der Waals surface area contributed by atoms with E-state index in [9.17, 15) is 0 Å². The third-order valence-corrected chi connectivity index (χ3v) is 5.25. The van der Waals surface area contributed by atoms with E-state index in [0.717, 1.165) is 24.7 Å². The maximum atomic E-state index is 4.32. The molecule has 124 valence electrons. The molecule has 0 amide bonds. The van der Waals surface area contributed by atoms with Gasteiger partial charge in [0.2, 0.25) is 0 Å². The van der Waals surface area contributed by atoms with Crippen LogP contribution in [0.1, 0.15) is 29.0 Å². The first-order valence-electron chi connectivity index (χ1n) is 7.62. The van der Waals surface area contributed by atoms with Gasteiger partial charge in [0, 0.05) is 23.9 Å². The molecule has 23 heavy (non-hydrogen) atoms. The number of rotatable bonds is 5. The number of halogens is 1. The molecule has 1 aliphatic rings. The monoisotopic (exact) mass is 442 g/mol. The van der Waals surface area contributed by atoms with E-state index in [4.69, 9.17) is 0 Å². The van der Waals surface area contributed by atoms with Crippen LogP contribution in [0.2, 0.25) is 0 Å². The van der Waals surface area contributed by atoms with Crippen molar-refractivity contribution in [1.29, 1.82) is 0 Å². The number of benzene rings is 1. The zero-order valence-corrected chi connectivity index (χ0v) is 16.7. The zero-order valence-electron chi connectivity index (χ0n) is 13.5. The minimum atomic E-state index is 0. The summed E-state index contributed by atoms with van der Waals surface area (Å²) in [6.07, 6.45) is 2.49. The largest absolute Gasteiger partial charge is 0.356 e. The van der Waals surface area contributed by atoms with Crippen LogP contribution < -0.4 is 10.6 Å². The molecule has 0 radical (unpaired) electrons. The van der Waals surface area contributed by atoms with Crippen molar-refractivity contribution < 1.29 is 0 Å². The molecule has 6 heteroatoms. The second kappa shape index (κ2) is 8.10. The van der Waals surface area contributed by atoms with Crippen molar-refractivity contribution in [3.63, 3.8) is 0 Å². The van der Waals surface area contributed by atoms with E-state index in [2.05, 4.69) is 50.9 Å². The highest BCUT2D eigenvalue weighted by atomic mass is 127. The molecule has 1 fully saturated rings. The van der Waals surface area contributed by atoms with Crippen molar-refractivity contribution in [3.8, 4) is 0 Å². The molecule has 1 aromatic carbocycles. The summed E-state index contributed by atoms with van der Waals surface area (Å²) in [7, 11) is 1.82. The lowest BCUT2D eigenvalue weighted by atomic mass is 9.96. The number of thiazole rings is 1. The number of aromatic nitrogens is 1. The van der Waals surface area contributed by atoms with Crippen LogP contribution in [0.5, 0.6) is 0 Å². The molecule has 2 N–H and O–H groups in total. The molecule has 0 unspecified atom stereocenters. The highest BCUT2D eigenvalue weighted by molar-refractivity contribution is 14.0. The van der Waals surface area contributed by atoms with Crippen LogP contribution >= 0.6 is 35.3 Å². The van der Waals surface area contributed by atoms with Crippen molar-refractivity contribution in [3.05, 3.63) is 52.0 Å². The number of hydrogen-bond acceptors (Lipinski definition) is 3. The van der Waals surface area contributed by atoms with Crippen LogP contribution in [0.3, 0.4) is 0 Å². The fourth-order valence-electron chi connectivity index (χ4n) is 2.64. The first kappa shape index (κ1) is 18.2. The normalized spacial score (nSPS) is 15.7. The van der Waals surface area contributed by atoms with E-state index in [0.29, 0.717) is 5.41 Å². The van der Waals surface area contributed by atoms with Crippen LogP contribution in [0.25, 0.3) is 0 Å². The molecule has 1 aliphatic carbocycles. The first-order chi connectivity index (χ1) is 10.7. The summed E-state index contributed by atoms with van der Waals surface area (Å²) in [5, 5.41) is 6.85. The Kier molecular flexibility index (Phi) is 6.41. The molecule has 0 saturated heterocycles. The van der Waals surface area contributed by atoms with Crippen LogP contribution in [0, 0.1) is 6.92 Å². The van der Waals surface area contributed by atoms with Crippen molar-refractivity contribution in [2.45, 2.75) is 31.7 Å². The van der Waals surface area contributed by atoms with Crippen LogP contribution in [0.15, 0.2) is 40.8 Å². The fraction of sp³-hybridized carbons (Fsp3) is 0.412. The SMILES string of the molecule is CN=C(NCc1scnc1C)NCC1(c2ccccc2)CC1.I. The van der Waals surface area contributed by atoms with Gasteiger partial charge in [0.05, 0.1) is 17.7 Å². The predicted molar refractivity (Wildman–Crippen MR) is 108 cm³/mol. The number of hydrogen-bond donors (Lipinski definition) is 2. The summed E-state index contributed by atoms with van der Waals surface area (Å²) in [5.41, 5.74) is 4.70. The maximum absolute atomic E-state index is 4.32. The first-order valence-corrected chi connectivity index (χ1v) is 8.50. The lowest BCUT2D eigenvalue weighted by molar-refractivity contribution is 0.646. The Morgan fingerprint density at radius 1 is 1.26 bits per heavy atom. The standard InChI is InChI=1S/C17H22N4S.HI/c1-13-15(22-12-21-13)10-19-16(18-2)20-11-17(8-9-17)14-6-4-3-5-7-14;/h3-7,12H,8-11H2,1-2H3,(H2,18,19,20);1H. The van der Waals surface area contributed by atoms with Gasteiger partial charge in [0.1, 0.15) is 0 Å². The third kappa shape index (κ3) is 4.44. The van der Waals surface area contributed by atoms with Gasteiger partial charge in [0.25, 0.3) is 0 Å². The van der Waals surface area contributed by atoms with E-state index in [1.165, 1.54) is 23.3 Å². The van der Waals surface area contributed by atoms with Crippen molar-refractivity contribution in [2.75, 3.05) is 13.6 Å². The summed E-state index contributed by atoms with van der Waals surface area (Å²) in [6, 6.07) is 10.8. The molecular weight excluding hydrogens is 419 g/mol. The average molecular weight is 442 g/mol. The quantitative estimate of drug-likeness (QED) is 0.424. The minimum Gasteiger partial charge on any atom is -0.356 e. The fourth-order valence-corrected chi connectivity index (χ4v) is 3.36. The maximum Gasteiger partial charge on any atom is 0.191 e. The molecule has 0 aliphatic heterocycles. The summed E-state index contributed by atoms with van der Waals surface area (Å²) < 4.78 is 0. The molecule has 1 heterocycles. The Morgan fingerprint density at radius 3 is 2.57 bits per heavy atom. The second-order valence-corrected chi connectivity index (χ2v) is 6.73. The summed E-state index contributed by atoms with van der Waals surface area (Å²) in [5.74, 6) is 0.856. The van der Waals surface area contributed by atoms with E-state index in [1.54, 1.807) is 11.3 Å². The van der Waals surface area contributed by atoms with Gasteiger partial charge in [-0.1, -0.05) is 30.3 Å². The van der Waals surface area contributed by atoms with Gasteiger partial charge in [0.15, 0.2) is 5.96 Å². The van der Waals surface area contributed by atoms with Crippen LogP contribution in [-0.4, -0.2) is 24.5 Å².